The first-order valence-corrected chi connectivity index (χ1v) is 11.7. The fourth-order valence-corrected chi connectivity index (χ4v) is 6.87. The van der Waals surface area contributed by atoms with Crippen molar-refractivity contribution in [2.45, 2.75) is 50.4 Å². The maximum absolute atomic E-state index is 11.6. The largest absolute Gasteiger partial charge is 0.507 e. The fourth-order valence-electron chi connectivity index (χ4n) is 6.87. The molecule has 1 amide bonds. The number of phenols is 2. The number of nitrogens with two attached hydrogens (primary N) is 1. The summed E-state index contributed by atoms with van der Waals surface area (Å²) in [4.78, 5) is 11.6. The second-order valence-electron chi connectivity index (χ2n) is 10.1. The summed E-state index contributed by atoms with van der Waals surface area (Å²) >= 11 is 0. The van der Waals surface area contributed by atoms with Crippen LogP contribution in [0, 0.1) is 17.8 Å². The molecule has 1 heterocycles. The molecule has 4 atom stereocenters. The topological polar surface area (TPSA) is 95.6 Å². The summed E-state index contributed by atoms with van der Waals surface area (Å²) in [7, 11) is 0. The Balaban J connectivity index is 1.44. The van der Waals surface area contributed by atoms with E-state index < -0.39 is 5.91 Å². The number of carbonyl (C=O) groups is 1. The first-order valence-electron chi connectivity index (χ1n) is 11.7. The number of amides is 1. The van der Waals surface area contributed by atoms with Gasteiger partial charge >= 0.3 is 0 Å². The molecule has 0 aromatic heterocycles. The Hall–Kier alpha value is -2.53. The van der Waals surface area contributed by atoms with Gasteiger partial charge in [-0.05, 0) is 73.1 Å². The van der Waals surface area contributed by atoms with Crippen molar-refractivity contribution in [3.63, 3.8) is 0 Å². The predicted molar refractivity (Wildman–Crippen MR) is 119 cm³/mol. The van der Waals surface area contributed by atoms with E-state index in [9.17, 15) is 15.0 Å². The Morgan fingerprint density at radius 1 is 0.968 bits per heavy atom. The third kappa shape index (κ3) is 2.89. The number of nitrogens with one attached hydrogen (secondary N) is 1. The van der Waals surface area contributed by atoms with E-state index in [4.69, 9.17) is 5.73 Å². The number of piperidine rings is 1. The molecule has 0 spiro atoms. The molecule has 5 nitrogen and oxygen atoms in total. The highest BCUT2D eigenvalue weighted by atomic mass is 16.3. The van der Waals surface area contributed by atoms with Crippen LogP contribution in [0.5, 0.6) is 11.5 Å². The van der Waals surface area contributed by atoms with Crippen molar-refractivity contribution in [3.8, 4) is 22.6 Å². The fraction of sp³-hybridized carbons (Fsp3) is 0.500. The van der Waals surface area contributed by atoms with Crippen molar-refractivity contribution in [2.24, 2.45) is 23.5 Å². The normalized spacial score (nSPS) is 30.1. The van der Waals surface area contributed by atoms with Gasteiger partial charge in [0.1, 0.15) is 11.5 Å². The monoisotopic (exact) mass is 418 g/mol. The van der Waals surface area contributed by atoms with E-state index in [0.717, 1.165) is 37.1 Å². The average molecular weight is 419 g/mol. The van der Waals surface area contributed by atoms with Gasteiger partial charge in [-0.15, -0.1) is 0 Å². The second kappa shape index (κ2) is 6.99. The molecule has 0 radical (unpaired) electrons. The minimum absolute atomic E-state index is 0.00584. The minimum atomic E-state index is -0.469. The molecule has 2 aromatic rings. The van der Waals surface area contributed by atoms with Gasteiger partial charge in [-0.1, -0.05) is 37.1 Å². The standard InChI is InChI=1S/C26H30N2O3/c27-22(29)10-14-6-5-13(9-19-20-11-28-12-21(19)20)23(25(14)30)18-8-7-17-15-3-1-2-4-16(15)24(17)26(18)31/h5-8,15-16,19-21,28,30-31H,1-4,9-12H2,(H2,27,29). The molecule has 1 aliphatic heterocycles. The van der Waals surface area contributed by atoms with Crippen LogP contribution in [-0.4, -0.2) is 29.2 Å². The van der Waals surface area contributed by atoms with Crippen LogP contribution in [-0.2, 0) is 17.6 Å². The number of fused-ring (bicyclic) bond motifs is 5. The zero-order valence-electron chi connectivity index (χ0n) is 17.7. The van der Waals surface area contributed by atoms with Crippen LogP contribution >= 0.6 is 0 Å². The Morgan fingerprint density at radius 2 is 1.68 bits per heavy atom. The van der Waals surface area contributed by atoms with Crippen molar-refractivity contribution >= 4 is 5.91 Å². The van der Waals surface area contributed by atoms with Crippen LogP contribution in [0.15, 0.2) is 24.3 Å². The summed E-state index contributed by atoms with van der Waals surface area (Å²) in [6.45, 7) is 2.15. The number of carbonyl (C=O) groups excluding carboxylic acids is 1. The molecule has 4 aliphatic rings. The molecule has 1 saturated heterocycles. The number of hydrogen-bond acceptors (Lipinski definition) is 4. The van der Waals surface area contributed by atoms with Crippen LogP contribution < -0.4 is 11.1 Å². The summed E-state index contributed by atoms with van der Waals surface area (Å²) in [5, 5.41) is 26.0. The molecule has 0 bridgehead atoms. The van der Waals surface area contributed by atoms with E-state index in [-0.39, 0.29) is 12.2 Å². The number of phenolic OH excluding ortho intramolecular Hbond substituents is 2. The average Bonchev–Trinajstić information content (AvgIpc) is 3.15. The maximum atomic E-state index is 11.6. The zero-order chi connectivity index (χ0) is 21.3. The molecule has 6 rings (SSSR count). The number of benzene rings is 2. The van der Waals surface area contributed by atoms with E-state index in [2.05, 4.69) is 11.4 Å². The Morgan fingerprint density at radius 3 is 2.42 bits per heavy atom. The maximum Gasteiger partial charge on any atom is 0.221 e. The van der Waals surface area contributed by atoms with E-state index >= 15 is 0 Å². The molecule has 5 N–H and O–H groups in total. The van der Waals surface area contributed by atoms with Gasteiger partial charge in [0, 0.05) is 22.3 Å². The first kappa shape index (κ1) is 19.2. The highest BCUT2D eigenvalue weighted by Crippen LogP contribution is 2.60. The number of aromatic hydroxyl groups is 2. The Kier molecular flexibility index (Phi) is 4.32. The van der Waals surface area contributed by atoms with Gasteiger partial charge in [0.2, 0.25) is 5.91 Å². The van der Waals surface area contributed by atoms with Gasteiger partial charge in [0.25, 0.3) is 0 Å². The summed E-state index contributed by atoms with van der Waals surface area (Å²) in [5.41, 5.74) is 10.8. The first-order chi connectivity index (χ1) is 15.0. The van der Waals surface area contributed by atoms with Crippen LogP contribution in [0.2, 0.25) is 0 Å². The summed E-state index contributed by atoms with van der Waals surface area (Å²) < 4.78 is 0. The van der Waals surface area contributed by atoms with Crippen molar-refractivity contribution in [1.29, 1.82) is 0 Å². The van der Waals surface area contributed by atoms with Crippen molar-refractivity contribution < 1.29 is 15.0 Å². The van der Waals surface area contributed by atoms with Gasteiger partial charge in [-0.3, -0.25) is 4.79 Å². The highest BCUT2D eigenvalue weighted by molar-refractivity contribution is 5.85. The molecular formula is C26H30N2O3. The van der Waals surface area contributed by atoms with E-state index in [0.29, 0.717) is 52.0 Å². The predicted octanol–water partition coefficient (Wildman–Crippen LogP) is 3.56. The van der Waals surface area contributed by atoms with Gasteiger partial charge in [0.05, 0.1) is 6.42 Å². The quantitative estimate of drug-likeness (QED) is 0.597. The highest BCUT2D eigenvalue weighted by Gasteiger charge is 2.52. The Bertz CT molecular complexity index is 1070. The molecule has 4 unspecified atom stereocenters. The smallest absolute Gasteiger partial charge is 0.221 e. The SMILES string of the molecule is NC(=O)Cc1ccc(CC2C3CNCC32)c(-c2ccc3c(c2O)C2CCCCC32)c1O. The van der Waals surface area contributed by atoms with Gasteiger partial charge < -0.3 is 21.3 Å². The number of rotatable bonds is 5. The third-order valence-corrected chi connectivity index (χ3v) is 8.49. The van der Waals surface area contributed by atoms with Crippen molar-refractivity contribution in [2.75, 3.05) is 13.1 Å². The molecular weight excluding hydrogens is 388 g/mol. The number of hydrogen-bond donors (Lipinski definition) is 4. The Labute approximate surface area is 182 Å². The summed E-state index contributed by atoms with van der Waals surface area (Å²) in [5.74, 6) is 3.03. The molecule has 162 valence electrons. The lowest BCUT2D eigenvalue weighted by atomic mass is 9.60. The lowest BCUT2D eigenvalue weighted by Crippen LogP contribution is -2.27. The molecule has 5 heteroatoms. The van der Waals surface area contributed by atoms with Crippen LogP contribution in [0.3, 0.4) is 0 Å². The minimum Gasteiger partial charge on any atom is -0.507 e. The van der Waals surface area contributed by atoms with Crippen LogP contribution in [0.25, 0.3) is 11.1 Å². The second-order valence-corrected chi connectivity index (χ2v) is 10.1. The van der Waals surface area contributed by atoms with Gasteiger partial charge in [-0.2, -0.15) is 0 Å². The zero-order valence-corrected chi connectivity index (χ0v) is 17.7. The number of primary amides is 1. The van der Waals surface area contributed by atoms with Crippen LogP contribution in [0.4, 0.5) is 0 Å². The molecule has 31 heavy (non-hydrogen) atoms. The van der Waals surface area contributed by atoms with E-state index in [1.165, 1.54) is 24.8 Å². The van der Waals surface area contributed by atoms with Gasteiger partial charge in [0.15, 0.2) is 0 Å². The summed E-state index contributed by atoms with van der Waals surface area (Å²) in [6, 6.07) is 7.97. The molecule has 3 fully saturated rings. The third-order valence-electron chi connectivity index (χ3n) is 8.49. The lowest BCUT2D eigenvalue weighted by molar-refractivity contribution is -0.117. The molecule has 3 aliphatic carbocycles. The van der Waals surface area contributed by atoms with Crippen molar-refractivity contribution in [3.05, 3.63) is 46.5 Å². The van der Waals surface area contributed by atoms with Crippen molar-refractivity contribution in [1.82, 2.24) is 5.32 Å². The lowest BCUT2D eigenvalue weighted by Gasteiger charge is -2.44. The van der Waals surface area contributed by atoms with E-state index in [1.807, 2.05) is 18.2 Å². The van der Waals surface area contributed by atoms with Crippen LogP contribution in [0.1, 0.15) is 59.8 Å². The summed E-state index contributed by atoms with van der Waals surface area (Å²) in [6.07, 6.45) is 5.70. The molecule has 2 aromatic carbocycles. The van der Waals surface area contributed by atoms with E-state index in [1.54, 1.807) is 0 Å². The molecule has 2 saturated carbocycles. The van der Waals surface area contributed by atoms with Gasteiger partial charge in [-0.25, -0.2) is 0 Å².